The van der Waals surface area contributed by atoms with E-state index in [-0.39, 0.29) is 0 Å². The van der Waals surface area contributed by atoms with Gasteiger partial charge in [-0.1, -0.05) is 11.6 Å². The SMILES string of the molecule is NCC1CCC(c2nnc(-c3ccc(Cl)cc3)o2)CC1. The van der Waals surface area contributed by atoms with Crippen LogP contribution in [0.15, 0.2) is 28.7 Å². The molecule has 0 spiro atoms. The van der Waals surface area contributed by atoms with Crippen LogP contribution in [0.5, 0.6) is 0 Å². The van der Waals surface area contributed by atoms with Gasteiger partial charge in [-0.15, -0.1) is 10.2 Å². The summed E-state index contributed by atoms with van der Waals surface area (Å²) in [6.45, 7) is 0.784. The lowest BCUT2D eigenvalue weighted by Gasteiger charge is -2.25. The topological polar surface area (TPSA) is 64.9 Å². The predicted molar refractivity (Wildman–Crippen MR) is 78.5 cm³/mol. The summed E-state index contributed by atoms with van der Waals surface area (Å²) in [4.78, 5) is 0. The van der Waals surface area contributed by atoms with Crippen LogP contribution in [-0.4, -0.2) is 16.7 Å². The maximum Gasteiger partial charge on any atom is 0.247 e. The summed E-state index contributed by atoms with van der Waals surface area (Å²) < 4.78 is 5.82. The Kier molecular flexibility index (Phi) is 4.03. The third-order valence-corrected chi connectivity index (χ3v) is 4.31. The molecule has 0 amide bonds. The monoisotopic (exact) mass is 291 g/mol. The molecule has 106 valence electrons. The van der Waals surface area contributed by atoms with Crippen molar-refractivity contribution in [1.82, 2.24) is 10.2 Å². The van der Waals surface area contributed by atoms with E-state index in [1.165, 1.54) is 0 Å². The van der Waals surface area contributed by atoms with Crippen LogP contribution in [0.4, 0.5) is 0 Å². The molecule has 1 aromatic heterocycles. The van der Waals surface area contributed by atoms with E-state index >= 15 is 0 Å². The van der Waals surface area contributed by atoms with Crippen LogP contribution in [0, 0.1) is 5.92 Å². The van der Waals surface area contributed by atoms with Gasteiger partial charge in [-0.3, -0.25) is 0 Å². The highest BCUT2D eigenvalue weighted by molar-refractivity contribution is 6.30. The molecule has 1 aliphatic rings. The van der Waals surface area contributed by atoms with E-state index in [0.717, 1.165) is 43.7 Å². The Bertz CT molecular complexity index is 559. The summed E-state index contributed by atoms with van der Waals surface area (Å²) >= 11 is 5.88. The van der Waals surface area contributed by atoms with Crippen molar-refractivity contribution < 1.29 is 4.42 Å². The zero-order valence-electron chi connectivity index (χ0n) is 11.3. The van der Waals surface area contributed by atoms with Gasteiger partial charge in [0.15, 0.2) is 0 Å². The van der Waals surface area contributed by atoms with Gasteiger partial charge in [0, 0.05) is 16.5 Å². The van der Waals surface area contributed by atoms with Crippen molar-refractivity contribution in [3.8, 4) is 11.5 Å². The Morgan fingerprint density at radius 2 is 1.80 bits per heavy atom. The fourth-order valence-electron chi connectivity index (χ4n) is 2.75. The second-order valence-electron chi connectivity index (χ2n) is 5.41. The summed E-state index contributed by atoms with van der Waals surface area (Å²) in [5.41, 5.74) is 6.62. The molecule has 0 aliphatic heterocycles. The van der Waals surface area contributed by atoms with E-state index < -0.39 is 0 Å². The van der Waals surface area contributed by atoms with E-state index in [1.807, 2.05) is 24.3 Å². The van der Waals surface area contributed by atoms with Gasteiger partial charge in [0.1, 0.15) is 0 Å². The van der Waals surface area contributed by atoms with E-state index in [9.17, 15) is 0 Å². The van der Waals surface area contributed by atoms with Crippen molar-refractivity contribution in [2.24, 2.45) is 11.7 Å². The van der Waals surface area contributed by atoms with Gasteiger partial charge in [0.05, 0.1) is 0 Å². The van der Waals surface area contributed by atoms with Crippen LogP contribution < -0.4 is 5.73 Å². The summed E-state index contributed by atoms with van der Waals surface area (Å²) in [7, 11) is 0. The third kappa shape index (κ3) is 2.86. The molecule has 0 bridgehead atoms. The first kappa shape index (κ1) is 13.6. The first-order valence-electron chi connectivity index (χ1n) is 7.05. The Labute approximate surface area is 123 Å². The summed E-state index contributed by atoms with van der Waals surface area (Å²) in [6.07, 6.45) is 4.48. The minimum Gasteiger partial charge on any atom is -0.420 e. The lowest BCUT2D eigenvalue weighted by Crippen LogP contribution is -2.20. The molecule has 1 aliphatic carbocycles. The molecule has 4 nitrogen and oxygen atoms in total. The normalized spacial score (nSPS) is 22.9. The molecule has 0 unspecified atom stereocenters. The number of aromatic nitrogens is 2. The average Bonchev–Trinajstić information content (AvgIpc) is 2.98. The minimum absolute atomic E-state index is 0.381. The zero-order chi connectivity index (χ0) is 13.9. The second-order valence-corrected chi connectivity index (χ2v) is 5.84. The van der Waals surface area contributed by atoms with Crippen LogP contribution in [0.1, 0.15) is 37.5 Å². The second kappa shape index (κ2) is 5.94. The number of hydrogen-bond donors (Lipinski definition) is 1. The number of nitrogens with zero attached hydrogens (tertiary/aromatic N) is 2. The van der Waals surface area contributed by atoms with Crippen LogP contribution in [0.25, 0.3) is 11.5 Å². The quantitative estimate of drug-likeness (QED) is 0.938. The molecule has 2 N–H and O–H groups in total. The van der Waals surface area contributed by atoms with Crippen molar-refractivity contribution in [3.05, 3.63) is 35.2 Å². The first-order chi connectivity index (χ1) is 9.76. The fourth-order valence-corrected chi connectivity index (χ4v) is 2.88. The summed E-state index contributed by atoms with van der Waals surface area (Å²) in [5.74, 6) is 2.36. The summed E-state index contributed by atoms with van der Waals surface area (Å²) in [5, 5.41) is 9.06. The van der Waals surface area contributed by atoms with Gasteiger partial charge in [-0.05, 0) is 62.4 Å². The van der Waals surface area contributed by atoms with Gasteiger partial charge >= 0.3 is 0 Å². The zero-order valence-corrected chi connectivity index (χ0v) is 12.0. The number of rotatable bonds is 3. The van der Waals surface area contributed by atoms with Crippen molar-refractivity contribution in [3.63, 3.8) is 0 Å². The van der Waals surface area contributed by atoms with Crippen LogP contribution in [0.3, 0.4) is 0 Å². The van der Waals surface area contributed by atoms with Gasteiger partial charge in [0.2, 0.25) is 11.8 Å². The van der Waals surface area contributed by atoms with Crippen molar-refractivity contribution in [2.45, 2.75) is 31.6 Å². The molecule has 20 heavy (non-hydrogen) atoms. The Balaban J connectivity index is 1.72. The molecule has 0 saturated heterocycles. The lowest BCUT2D eigenvalue weighted by atomic mass is 9.82. The number of nitrogens with two attached hydrogens (primary N) is 1. The van der Waals surface area contributed by atoms with Gasteiger partial charge in [-0.2, -0.15) is 0 Å². The average molecular weight is 292 g/mol. The van der Waals surface area contributed by atoms with Gasteiger partial charge in [0.25, 0.3) is 0 Å². The standard InChI is InChI=1S/C15H18ClN3O/c16-13-7-5-12(6-8-13)15-19-18-14(20-15)11-3-1-10(9-17)2-4-11/h5-8,10-11H,1-4,9,17H2. The Morgan fingerprint density at radius 1 is 1.10 bits per heavy atom. The summed E-state index contributed by atoms with van der Waals surface area (Å²) in [6, 6.07) is 7.44. The predicted octanol–water partition coefficient (Wildman–Crippen LogP) is 3.62. The lowest BCUT2D eigenvalue weighted by molar-refractivity contribution is 0.299. The highest BCUT2D eigenvalue weighted by atomic mass is 35.5. The molecule has 1 fully saturated rings. The van der Waals surface area contributed by atoms with Gasteiger partial charge in [-0.25, -0.2) is 0 Å². The molecular weight excluding hydrogens is 274 g/mol. The van der Waals surface area contributed by atoms with Gasteiger partial charge < -0.3 is 10.2 Å². The first-order valence-corrected chi connectivity index (χ1v) is 7.43. The Hall–Kier alpha value is -1.39. The van der Waals surface area contributed by atoms with Crippen molar-refractivity contribution in [1.29, 1.82) is 0 Å². The molecule has 0 atom stereocenters. The molecule has 1 heterocycles. The molecule has 3 rings (SSSR count). The van der Waals surface area contributed by atoms with Crippen LogP contribution in [0.2, 0.25) is 5.02 Å². The maximum absolute atomic E-state index is 5.88. The van der Waals surface area contributed by atoms with E-state index in [4.69, 9.17) is 21.8 Å². The molecular formula is C15H18ClN3O. The number of halogens is 1. The molecule has 1 aromatic carbocycles. The fraction of sp³-hybridized carbons (Fsp3) is 0.467. The van der Waals surface area contributed by atoms with E-state index in [0.29, 0.717) is 22.7 Å². The van der Waals surface area contributed by atoms with E-state index in [2.05, 4.69) is 10.2 Å². The molecule has 2 aromatic rings. The number of benzene rings is 1. The highest BCUT2D eigenvalue weighted by Gasteiger charge is 2.25. The number of hydrogen-bond acceptors (Lipinski definition) is 4. The van der Waals surface area contributed by atoms with Crippen LogP contribution >= 0.6 is 11.6 Å². The molecule has 1 saturated carbocycles. The molecule has 5 heteroatoms. The minimum atomic E-state index is 0.381. The largest absolute Gasteiger partial charge is 0.420 e. The third-order valence-electron chi connectivity index (χ3n) is 4.06. The smallest absolute Gasteiger partial charge is 0.247 e. The highest BCUT2D eigenvalue weighted by Crippen LogP contribution is 2.35. The van der Waals surface area contributed by atoms with Crippen molar-refractivity contribution in [2.75, 3.05) is 6.54 Å². The van der Waals surface area contributed by atoms with E-state index in [1.54, 1.807) is 0 Å². The maximum atomic E-state index is 5.88. The molecule has 0 radical (unpaired) electrons. The Morgan fingerprint density at radius 3 is 2.45 bits per heavy atom. The van der Waals surface area contributed by atoms with Crippen molar-refractivity contribution >= 4 is 11.6 Å². The van der Waals surface area contributed by atoms with Crippen LogP contribution in [-0.2, 0) is 0 Å².